The zero-order valence-electron chi connectivity index (χ0n) is 10.9. The summed E-state index contributed by atoms with van der Waals surface area (Å²) < 4.78 is 39.5. The van der Waals surface area contributed by atoms with Crippen molar-refractivity contribution in [1.82, 2.24) is 0 Å². The summed E-state index contributed by atoms with van der Waals surface area (Å²) in [5, 5.41) is 9.99. The number of hydrogen-bond donors (Lipinski definition) is 1. The average Bonchev–Trinajstić information content (AvgIpc) is 2.42. The number of aliphatic hydroxyl groups excluding tert-OH is 1. The average molecular weight is 281 g/mol. The van der Waals surface area contributed by atoms with Crippen molar-refractivity contribution in [3.63, 3.8) is 0 Å². The lowest BCUT2D eigenvalue weighted by Gasteiger charge is -2.23. The number of nitrogens with zero attached hydrogens (tertiary/aromatic N) is 1. The second-order valence-electron chi connectivity index (χ2n) is 4.52. The molecule has 1 atom stereocenters. The maximum Gasteiger partial charge on any atom is 0.164 e. The molecule has 1 unspecified atom stereocenters. The van der Waals surface area contributed by atoms with Gasteiger partial charge in [0.05, 0.1) is 6.10 Å². The van der Waals surface area contributed by atoms with Crippen LogP contribution in [0, 0.1) is 17.5 Å². The zero-order chi connectivity index (χ0) is 14.7. The Hall–Kier alpha value is -2.01. The van der Waals surface area contributed by atoms with Crippen LogP contribution in [0.15, 0.2) is 42.5 Å². The van der Waals surface area contributed by atoms with Crippen LogP contribution in [-0.2, 0) is 0 Å². The molecule has 0 radical (unpaired) electrons. The van der Waals surface area contributed by atoms with E-state index < -0.39 is 17.7 Å². The lowest BCUT2D eigenvalue weighted by molar-refractivity contribution is 0.179. The van der Waals surface area contributed by atoms with Gasteiger partial charge in [0, 0.05) is 24.8 Å². The molecule has 2 aromatic rings. The summed E-state index contributed by atoms with van der Waals surface area (Å²) in [4.78, 5) is 1.63. The Kier molecular flexibility index (Phi) is 4.29. The predicted octanol–water partition coefficient (Wildman–Crippen LogP) is 3.27. The van der Waals surface area contributed by atoms with E-state index in [1.807, 2.05) is 0 Å². The van der Waals surface area contributed by atoms with Gasteiger partial charge in [-0.15, -0.1) is 0 Å². The molecular formula is C15H14F3NO. The minimum absolute atomic E-state index is 0.0615. The minimum Gasteiger partial charge on any atom is -0.386 e. The van der Waals surface area contributed by atoms with Gasteiger partial charge in [-0.05, 0) is 30.3 Å². The summed E-state index contributed by atoms with van der Waals surface area (Å²) in [5.74, 6) is -2.41. The Bertz CT molecular complexity index is 586. The highest BCUT2D eigenvalue weighted by Gasteiger charge is 2.17. The van der Waals surface area contributed by atoms with Crippen LogP contribution >= 0.6 is 0 Å². The normalized spacial score (nSPS) is 12.2. The Morgan fingerprint density at radius 2 is 1.70 bits per heavy atom. The van der Waals surface area contributed by atoms with Gasteiger partial charge >= 0.3 is 0 Å². The van der Waals surface area contributed by atoms with E-state index in [-0.39, 0.29) is 17.9 Å². The van der Waals surface area contributed by atoms with Gasteiger partial charge < -0.3 is 10.0 Å². The molecule has 0 spiro atoms. The molecule has 106 valence electrons. The highest BCUT2D eigenvalue weighted by Crippen LogP contribution is 2.22. The quantitative estimate of drug-likeness (QED) is 0.929. The summed E-state index contributed by atoms with van der Waals surface area (Å²) >= 11 is 0. The Morgan fingerprint density at radius 3 is 2.35 bits per heavy atom. The lowest BCUT2D eigenvalue weighted by atomic mass is 10.1. The number of benzene rings is 2. The van der Waals surface area contributed by atoms with E-state index in [0.717, 1.165) is 6.07 Å². The van der Waals surface area contributed by atoms with Crippen molar-refractivity contribution in [3.05, 3.63) is 65.5 Å². The van der Waals surface area contributed by atoms with Gasteiger partial charge in [-0.25, -0.2) is 13.2 Å². The molecule has 0 aromatic heterocycles. The number of aliphatic hydroxyl groups is 1. The lowest BCUT2D eigenvalue weighted by Crippen LogP contribution is -2.24. The van der Waals surface area contributed by atoms with Gasteiger partial charge in [-0.2, -0.15) is 0 Å². The van der Waals surface area contributed by atoms with Crippen LogP contribution in [0.1, 0.15) is 11.7 Å². The SMILES string of the molecule is CN(CC(O)c1cccc(F)c1F)c1ccc(F)cc1. The first-order chi connectivity index (χ1) is 9.49. The van der Waals surface area contributed by atoms with Gasteiger partial charge in [-0.1, -0.05) is 12.1 Å². The fraction of sp³-hybridized carbons (Fsp3) is 0.200. The summed E-state index contributed by atoms with van der Waals surface area (Å²) in [5.41, 5.74) is 0.571. The molecule has 0 aliphatic rings. The number of hydrogen-bond acceptors (Lipinski definition) is 2. The van der Waals surface area contributed by atoms with E-state index in [1.54, 1.807) is 24.1 Å². The standard InChI is InChI=1S/C15H14F3NO/c1-19(11-7-5-10(16)6-8-11)9-14(20)12-3-2-4-13(17)15(12)18/h2-8,14,20H,9H2,1H3. The van der Waals surface area contributed by atoms with Crippen molar-refractivity contribution >= 4 is 5.69 Å². The molecule has 0 saturated carbocycles. The topological polar surface area (TPSA) is 23.5 Å². The molecule has 0 fully saturated rings. The Balaban J connectivity index is 2.13. The van der Waals surface area contributed by atoms with Gasteiger partial charge in [0.25, 0.3) is 0 Å². The molecule has 5 heteroatoms. The largest absolute Gasteiger partial charge is 0.386 e. The van der Waals surface area contributed by atoms with Crippen LogP contribution in [-0.4, -0.2) is 18.7 Å². The van der Waals surface area contributed by atoms with Crippen LogP contribution in [0.5, 0.6) is 0 Å². The summed E-state index contributed by atoms with van der Waals surface area (Å²) in [6.07, 6.45) is -1.18. The molecule has 0 amide bonds. The molecule has 20 heavy (non-hydrogen) atoms. The van der Waals surface area contributed by atoms with Crippen LogP contribution in [0.2, 0.25) is 0 Å². The summed E-state index contributed by atoms with van der Waals surface area (Å²) in [7, 11) is 1.67. The second kappa shape index (κ2) is 5.96. The monoisotopic (exact) mass is 281 g/mol. The van der Waals surface area contributed by atoms with Crippen molar-refractivity contribution in [1.29, 1.82) is 0 Å². The zero-order valence-corrected chi connectivity index (χ0v) is 10.9. The van der Waals surface area contributed by atoms with Gasteiger partial charge in [0.15, 0.2) is 11.6 Å². The number of likely N-dealkylation sites (N-methyl/N-ethyl adjacent to an activating group) is 1. The molecular weight excluding hydrogens is 267 g/mol. The van der Waals surface area contributed by atoms with Crippen LogP contribution in [0.4, 0.5) is 18.9 Å². The fourth-order valence-corrected chi connectivity index (χ4v) is 1.94. The van der Waals surface area contributed by atoms with Crippen molar-refractivity contribution in [2.24, 2.45) is 0 Å². The molecule has 2 rings (SSSR count). The van der Waals surface area contributed by atoms with Gasteiger partial charge in [-0.3, -0.25) is 0 Å². The first-order valence-electron chi connectivity index (χ1n) is 6.07. The molecule has 0 aliphatic carbocycles. The molecule has 0 aliphatic heterocycles. The fourth-order valence-electron chi connectivity index (χ4n) is 1.94. The molecule has 0 heterocycles. The molecule has 0 saturated heterocycles. The molecule has 2 nitrogen and oxygen atoms in total. The van der Waals surface area contributed by atoms with Crippen LogP contribution in [0.25, 0.3) is 0 Å². The van der Waals surface area contributed by atoms with E-state index in [0.29, 0.717) is 5.69 Å². The van der Waals surface area contributed by atoms with E-state index in [4.69, 9.17) is 0 Å². The number of halogens is 3. The second-order valence-corrected chi connectivity index (χ2v) is 4.52. The van der Waals surface area contributed by atoms with Crippen molar-refractivity contribution < 1.29 is 18.3 Å². The van der Waals surface area contributed by atoms with E-state index in [9.17, 15) is 18.3 Å². The van der Waals surface area contributed by atoms with Crippen molar-refractivity contribution in [2.45, 2.75) is 6.10 Å². The summed E-state index contributed by atoms with van der Waals surface area (Å²) in [6, 6.07) is 9.35. The highest BCUT2D eigenvalue weighted by molar-refractivity contribution is 5.45. The Labute approximate surface area is 115 Å². The predicted molar refractivity (Wildman–Crippen MR) is 71.0 cm³/mol. The van der Waals surface area contributed by atoms with E-state index in [2.05, 4.69) is 0 Å². The molecule has 0 bridgehead atoms. The van der Waals surface area contributed by atoms with Crippen molar-refractivity contribution in [3.8, 4) is 0 Å². The molecule has 1 N–H and O–H groups in total. The Morgan fingerprint density at radius 1 is 1.05 bits per heavy atom. The minimum atomic E-state index is -1.18. The van der Waals surface area contributed by atoms with Gasteiger partial charge in [0.1, 0.15) is 5.82 Å². The molecule has 2 aromatic carbocycles. The summed E-state index contributed by atoms with van der Waals surface area (Å²) in [6.45, 7) is 0.0615. The van der Waals surface area contributed by atoms with Crippen LogP contribution in [0.3, 0.4) is 0 Å². The maximum atomic E-state index is 13.6. The van der Waals surface area contributed by atoms with Crippen molar-refractivity contribution in [2.75, 3.05) is 18.5 Å². The maximum absolute atomic E-state index is 13.6. The van der Waals surface area contributed by atoms with E-state index in [1.165, 1.54) is 24.3 Å². The highest BCUT2D eigenvalue weighted by atomic mass is 19.2. The number of rotatable bonds is 4. The number of anilines is 1. The van der Waals surface area contributed by atoms with Crippen LogP contribution < -0.4 is 4.90 Å². The third-order valence-corrected chi connectivity index (χ3v) is 3.05. The smallest absolute Gasteiger partial charge is 0.164 e. The first-order valence-corrected chi connectivity index (χ1v) is 6.07. The van der Waals surface area contributed by atoms with E-state index >= 15 is 0 Å². The third-order valence-electron chi connectivity index (χ3n) is 3.05. The van der Waals surface area contributed by atoms with Gasteiger partial charge in [0.2, 0.25) is 0 Å². The first kappa shape index (κ1) is 14.4. The third kappa shape index (κ3) is 3.11.